The van der Waals surface area contributed by atoms with E-state index < -0.39 is 17.5 Å². The fourth-order valence-electron chi connectivity index (χ4n) is 3.72. The number of likely N-dealkylation sites (tertiary alicyclic amines) is 1. The highest BCUT2D eigenvalue weighted by Crippen LogP contribution is 2.35. The Morgan fingerprint density at radius 3 is 2.14 bits per heavy atom. The Morgan fingerprint density at radius 2 is 1.62 bits per heavy atom. The van der Waals surface area contributed by atoms with Crippen LogP contribution in [0.25, 0.3) is 0 Å². The normalized spacial score (nSPS) is 19.1. The minimum absolute atomic E-state index is 0.0575. The molecule has 6 heteroatoms. The molecule has 1 heterocycles. The van der Waals surface area contributed by atoms with Crippen LogP contribution >= 0.6 is 0 Å². The van der Waals surface area contributed by atoms with Crippen LogP contribution in [0.1, 0.15) is 30.9 Å². The molecule has 2 atom stereocenters. The highest BCUT2D eigenvalue weighted by atomic mass is 16.2. The molecule has 1 saturated heterocycles. The molecule has 29 heavy (non-hydrogen) atoms. The van der Waals surface area contributed by atoms with Crippen molar-refractivity contribution < 1.29 is 14.4 Å². The molecule has 3 N–H and O–H groups in total. The summed E-state index contributed by atoms with van der Waals surface area (Å²) >= 11 is 0. The van der Waals surface area contributed by atoms with E-state index in [-0.39, 0.29) is 11.8 Å². The van der Waals surface area contributed by atoms with Crippen LogP contribution in [0.15, 0.2) is 60.7 Å². The van der Waals surface area contributed by atoms with Crippen molar-refractivity contribution in [1.82, 2.24) is 10.2 Å². The second-order valence-corrected chi connectivity index (χ2v) is 7.57. The predicted molar refractivity (Wildman–Crippen MR) is 111 cm³/mol. The van der Waals surface area contributed by atoms with Crippen LogP contribution in [-0.2, 0) is 27.2 Å². The summed E-state index contributed by atoms with van der Waals surface area (Å²) in [5, 5.41) is 2.69. The van der Waals surface area contributed by atoms with Crippen molar-refractivity contribution in [1.29, 1.82) is 0 Å². The third-order valence-electron chi connectivity index (χ3n) is 5.57. The second-order valence-electron chi connectivity index (χ2n) is 7.57. The minimum Gasteiger partial charge on any atom is -0.368 e. The first kappa shape index (κ1) is 20.6. The molecule has 0 spiro atoms. The molecule has 6 nitrogen and oxygen atoms in total. The SMILES string of the molecule is C[C@H](NC(=O)[C@]1(Cc2ccccc2)CCN1C(=O)CCc1ccccc1)C(N)=O. The molecule has 2 aromatic rings. The van der Waals surface area contributed by atoms with Crippen molar-refractivity contribution in [2.45, 2.75) is 44.2 Å². The molecule has 3 rings (SSSR count). The molecule has 1 fully saturated rings. The van der Waals surface area contributed by atoms with E-state index in [0.29, 0.717) is 32.2 Å². The van der Waals surface area contributed by atoms with Crippen LogP contribution in [0.5, 0.6) is 0 Å². The van der Waals surface area contributed by atoms with E-state index in [1.165, 1.54) is 0 Å². The number of carbonyl (C=O) groups is 3. The predicted octanol–water partition coefficient (Wildman–Crippen LogP) is 1.82. The topological polar surface area (TPSA) is 92.5 Å². The molecule has 0 radical (unpaired) electrons. The van der Waals surface area contributed by atoms with E-state index in [2.05, 4.69) is 5.32 Å². The van der Waals surface area contributed by atoms with Crippen molar-refractivity contribution in [3.05, 3.63) is 71.8 Å². The molecule has 3 amide bonds. The number of carbonyl (C=O) groups excluding carboxylic acids is 3. The first-order valence-electron chi connectivity index (χ1n) is 9.91. The first-order chi connectivity index (χ1) is 13.9. The lowest BCUT2D eigenvalue weighted by molar-refractivity contribution is -0.160. The number of amides is 3. The molecule has 0 bridgehead atoms. The summed E-state index contributed by atoms with van der Waals surface area (Å²) in [4.78, 5) is 39.2. The van der Waals surface area contributed by atoms with Gasteiger partial charge in [0, 0.05) is 19.4 Å². The van der Waals surface area contributed by atoms with Crippen molar-refractivity contribution in [2.24, 2.45) is 5.73 Å². The third kappa shape index (κ3) is 4.65. The molecular weight excluding hydrogens is 366 g/mol. The monoisotopic (exact) mass is 393 g/mol. The summed E-state index contributed by atoms with van der Waals surface area (Å²) in [5.74, 6) is -0.987. The van der Waals surface area contributed by atoms with Crippen molar-refractivity contribution >= 4 is 17.7 Å². The van der Waals surface area contributed by atoms with Gasteiger partial charge in [-0.15, -0.1) is 0 Å². The van der Waals surface area contributed by atoms with Gasteiger partial charge in [0.05, 0.1) is 0 Å². The minimum atomic E-state index is -0.987. The highest BCUT2D eigenvalue weighted by Gasteiger charge is 2.53. The molecule has 0 aliphatic carbocycles. The standard InChI is InChI=1S/C23H27N3O3/c1-17(21(24)28)25-22(29)23(16-19-10-6-3-7-11-19)14-15-26(23)20(27)13-12-18-8-4-2-5-9-18/h2-11,17H,12-16H2,1H3,(H2,24,28)(H,25,29)/t17-,23+/m0/s1. The summed E-state index contributed by atoms with van der Waals surface area (Å²) in [6.07, 6.45) is 1.91. The first-order valence-corrected chi connectivity index (χ1v) is 9.91. The fourth-order valence-corrected chi connectivity index (χ4v) is 3.72. The van der Waals surface area contributed by atoms with Gasteiger partial charge in [-0.25, -0.2) is 0 Å². The van der Waals surface area contributed by atoms with E-state index in [0.717, 1.165) is 11.1 Å². The smallest absolute Gasteiger partial charge is 0.247 e. The molecule has 1 aliphatic heterocycles. The van der Waals surface area contributed by atoms with Crippen LogP contribution < -0.4 is 11.1 Å². The molecule has 152 valence electrons. The zero-order chi connectivity index (χ0) is 20.9. The Bertz CT molecular complexity index is 869. The van der Waals surface area contributed by atoms with E-state index in [1.807, 2.05) is 60.7 Å². The number of nitrogens with two attached hydrogens (primary N) is 1. The summed E-state index contributed by atoms with van der Waals surface area (Å²) in [7, 11) is 0. The van der Waals surface area contributed by atoms with Gasteiger partial charge in [0.15, 0.2) is 0 Å². The van der Waals surface area contributed by atoms with Gasteiger partial charge in [0.1, 0.15) is 11.6 Å². The maximum absolute atomic E-state index is 13.1. The van der Waals surface area contributed by atoms with Crippen LogP contribution in [0, 0.1) is 0 Å². The number of primary amides is 1. The van der Waals surface area contributed by atoms with Gasteiger partial charge < -0.3 is 16.0 Å². The van der Waals surface area contributed by atoms with Gasteiger partial charge in [0.25, 0.3) is 0 Å². The van der Waals surface area contributed by atoms with Gasteiger partial charge in [-0.2, -0.15) is 0 Å². The van der Waals surface area contributed by atoms with Crippen molar-refractivity contribution in [3.63, 3.8) is 0 Å². The average Bonchev–Trinajstić information content (AvgIpc) is 2.71. The number of aryl methyl sites for hydroxylation is 1. The van der Waals surface area contributed by atoms with E-state index in [1.54, 1.807) is 11.8 Å². The number of hydrogen-bond acceptors (Lipinski definition) is 3. The highest BCUT2D eigenvalue weighted by molar-refractivity contribution is 5.96. The number of rotatable bonds is 8. The van der Waals surface area contributed by atoms with Crippen LogP contribution in [0.3, 0.4) is 0 Å². The molecular formula is C23H27N3O3. The van der Waals surface area contributed by atoms with Crippen LogP contribution in [-0.4, -0.2) is 40.7 Å². The number of nitrogens with one attached hydrogen (secondary N) is 1. The Kier molecular flexibility index (Phi) is 6.32. The second kappa shape index (κ2) is 8.90. The van der Waals surface area contributed by atoms with Crippen molar-refractivity contribution in [2.75, 3.05) is 6.54 Å². The molecule has 0 saturated carbocycles. The van der Waals surface area contributed by atoms with Gasteiger partial charge in [-0.3, -0.25) is 14.4 Å². The van der Waals surface area contributed by atoms with Gasteiger partial charge in [0.2, 0.25) is 17.7 Å². The maximum atomic E-state index is 13.1. The summed E-state index contributed by atoms with van der Waals surface area (Å²) in [6.45, 7) is 2.08. The Hall–Kier alpha value is -3.15. The average molecular weight is 393 g/mol. The Morgan fingerprint density at radius 1 is 1.03 bits per heavy atom. The lowest BCUT2D eigenvalue weighted by atomic mass is 9.77. The Balaban J connectivity index is 1.77. The summed E-state index contributed by atoms with van der Waals surface area (Å²) < 4.78 is 0. The van der Waals surface area contributed by atoms with E-state index in [4.69, 9.17) is 5.73 Å². The lowest BCUT2D eigenvalue weighted by Gasteiger charge is -2.51. The number of hydrogen-bond donors (Lipinski definition) is 2. The molecule has 1 aliphatic rings. The zero-order valence-corrected chi connectivity index (χ0v) is 16.6. The fraction of sp³-hybridized carbons (Fsp3) is 0.348. The van der Waals surface area contributed by atoms with Gasteiger partial charge in [-0.1, -0.05) is 60.7 Å². The lowest BCUT2D eigenvalue weighted by Crippen LogP contribution is -2.71. The largest absolute Gasteiger partial charge is 0.368 e. The molecule has 0 unspecified atom stereocenters. The molecule has 2 aromatic carbocycles. The van der Waals surface area contributed by atoms with Crippen molar-refractivity contribution in [3.8, 4) is 0 Å². The molecule has 0 aromatic heterocycles. The van der Waals surface area contributed by atoms with Gasteiger partial charge in [-0.05, 0) is 30.9 Å². The number of nitrogens with zero attached hydrogens (tertiary/aromatic N) is 1. The Labute approximate surface area is 171 Å². The number of benzene rings is 2. The van der Waals surface area contributed by atoms with Gasteiger partial charge >= 0.3 is 0 Å². The van der Waals surface area contributed by atoms with Crippen LogP contribution in [0.2, 0.25) is 0 Å². The quantitative estimate of drug-likeness (QED) is 0.717. The van der Waals surface area contributed by atoms with E-state index in [9.17, 15) is 14.4 Å². The van der Waals surface area contributed by atoms with E-state index >= 15 is 0 Å². The summed E-state index contributed by atoms with van der Waals surface area (Å²) in [5.41, 5.74) is 6.38. The third-order valence-corrected chi connectivity index (χ3v) is 5.57. The summed E-state index contributed by atoms with van der Waals surface area (Å²) in [6, 6.07) is 18.6. The maximum Gasteiger partial charge on any atom is 0.247 e. The zero-order valence-electron chi connectivity index (χ0n) is 16.6. The van der Waals surface area contributed by atoms with Crippen LogP contribution in [0.4, 0.5) is 0 Å².